The fourth-order valence-electron chi connectivity index (χ4n) is 1.87. The first-order valence-electron chi connectivity index (χ1n) is 6.53. The molecule has 0 saturated heterocycles. The Labute approximate surface area is 129 Å². The van der Waals surface area contributed by atoms with Gasteiger partial charge in [-0.1, -0.05) is 6.07 Å². The summed E-state index contributed by atoms with van der Waals surface area (Å²) in [6.45, 7) is -0.219. The van der Waals surface area contributed by atoms with E-state index in [2.05, 4.69) is 15.0 Å². The predicted octanol–water partition coefficient (Wildman–Crippen LogP) is 1.05. The van der Waals surface area contributed by atoms with Gasteiger partial charge < -0.3 is 10.1 Å². The summed E-state index contributed by atoms with van der Waals surface area (Å²) in [5.74, 6) is -3.64. The van der Waals surface area contributed by atoms with Gasteiger partial charge >= 0.3 is 5.97 Å². The molecule has 1 aromatic carbocycles. The molecule has 0 fully saturated rings. The van der Waals surface area contributed by atoms with Crippen molar-refractivity contribution in [1.29, 1.82) is 0 Å². The number of hydrogen-bond donors (Lipinski definition) is 1. The zero-order valence-corrected chi connectivity index (χ0v) is 12.1. The van der Waals surface area contributed by atoms with Crippen molar-refractivity contribution in [1.82, 2.24) is 5.32 Å². The van der Waals surface area contributed by atoms with E-state index >= 15 is 0 Å². The quantitative estimate of drug-likeness (QED) is 0.663. The van der Waals surface area contributed by atoms with E-state index in [9.17, 15) is 23.2 Å². The molecule has 1 aliphatic heterocycles. The second-order valence-corrected chi connectivity index (χ2v) is 4.63. The van der Waals surface area contributed by atoms with Gasteiger partial charge in [0.2, 0.25) is 0 Å². The van der Waals surface area contributed by atoms with Crippen LogP contribution in [0.1, 0.15) is 12.0 Å². The average Bonchev–Trinajstić information content (AvgIpc) is 2.52. The lowest BCUT2D eigenvalue weighted by Crippen LogP contribution is -2.32. The van der Waals surface area contributed by atoms with Crippen molar-refractivity contribution in [3.05, 3.63) is 47.2 Å². The number of ketones is 1. The molecule has 0 aliphatic carbocycles. The molecule has 23 heavy (non-hydrogen) atoms. The van der Waals surface area contributed by atoms with Gasteiger partial charge in [0, 0.05) is 24.4 Å². The van der Waals surface area contributed by atoms with E-state index in [4.69, 9.17) is 0 Å². The Morgan fingerprint density at radius 3 is 2.70 bits per heavy atom. The van der Waals surface area contributed by atoms with E-state index in [-0.39, 0.29) is 29.8 Å². The number of carbonyl (C=O) groups excluding carboxylic acids is 3. The third-order valence-corrected chi connectivity index (χ3v) is 3.10. The Kier molecular flexibility index (Phi) is 4.95. The minimum atomic E-state index is -0.805. The highest BCUT2D eigenvalue weighted by Gasteiger charge is 2.26. The van der Waals surface area contributed by atoms with Crippen LogP contribution < -0.4 is 5.32 Å². The number of nitrogens with one attached hydrogen (secondary N) is 1. The molecule has 6 nitrogen and oxygen atoms in total. The monoisotopic (exact) mass is 322 g/mol. The normalized spacial score (nSPS) is 14.0. The molecule has 0 bridgehead atoms. The summed E-state index contributed by atoms with van der Waals surface area (Å²) in [6, 6.07) is 2.94. The number of aliphatic imine (C=N–C) groups is 1. The first-order chi connectivity index (χ1) is 10.9. The lowest BCUT2D eigenvalue weighted by Gasteiger charge is -2.12. The van der Waals surface area contributed by atoms with Gasteiger partial charge in [-0.25, -0.2) is 13.6 Å². The maximum absolute atomic E-state index is 13.5. The highest BCUT2D eigenvalue weighted by atomic mass is 19.1. The van der Waals surface area contributed by atoms with Crippen LogP contribution in [0.3, 0.4) is 0 Å². The largest absolute Gasteiger partial charge is 0.465 e. The number of methoxy groups -OCH3 is 1. The number of halogens is 2. The second kappa shape index (κ2) is 6.91. The van der Waals surface area contributed by atoms with Gasteiger partial charge in [0.1, 0.15) is 22.9 Å². The molecule has 8 heteroatoms. The molecular weight excluding hydrogens is 310 g/mol. The van der Waals surface area contributed by atoms with Crippen molar-refractivity contribution >= 4 is 23.4 Å². The van der Waals surface area contributed by atoms with Crippen LogP contribution in [0.4, 0.5) is 8.78 Å². The van der Waals surface area contributed by atoms with Gasteiger partial charge in [0.05, 0.1) is 13.5 Å². The van der Waals surface area contributed by atoms with E-state index < -0.39 is 29.3 Å². The Morgan fingerprint density at radius 1 is 1.35 bits per heavy atom. The van der Waals surface area contributed by atoms with Crippen LogP contribution in [0.2, 0.25) is 0 Å². The number of nitrogens with zero attached hydrogens (tertiary/aromatic N) is 1. The first-order valence-corrected chi connectivity index (χ1v) is 6.53. The van der Waals surface area contributed by atoms with Gasteiger partial charge in [-0.15, -0.1) is 0 Å². The van der Waals surface area contributed by atoms with Crippen molar-refractivity contribution in [3.8, 4) is 0 Å². The Balaban J connectivity index is 2.06. The summed E-state index contributed by atoms with van der Waals surface area (Å²) in [5.41, 5.74) is -0.277. The number of rotatable bonds is 4. The van der Waals surface area contributed by atoms with Crippen LogP contribution in [0.25, 0.3) is 0 Å². The molecule has 2 rings (SSSR count). The van der Waals surface area contributed by atoms with E-state index in [1.54, 1.807) is 0 Å². The smallest absolute Gasteiger partial charge is 0.352 e. The zero-order chi connectivity index (χ0) is 17.0. The third kappa shape index (κ3) is 3.85. The Morgan fingerprint density at radius 2 is 2.09 bits per heavy atom. The number of esters is 1. The summed E-state index contributed by atoms with van der Waals surface area (Å²) in [4.78, 5) is 38.7. The van der Waals surface area contributed by atoms with E-state index in [1.807, 2.05) is 0 Å². The molecule has 0 saturated carbocycles. The van der Waals surface area contributed by atoms with Crippen molar-refractivity contribution in [3.63, 3.8) is 0 Å². The van der Waals surface area contributed by atoms with E-state index in [0.717, 1.165) is 19.4 Å². The third-order valence-electron chi connectivity index (χ3n) is 3.10. The van der Waals surface area contributed by atoms with E-state index in [1.165, 1.54) is 6.07 Å². The number of Topliss-reactive ketones (excluding diaryl/α,β-unsaturated/α-hetero) is 1. The highest BCUT2D eigenvalue weighted by Crippen LogP contribution is 2.12. The number of benzene rings is 1. The molecule has 0 spiro atoms. The number of carbonyl (C=O) groups is 3. The minimum Gasteiger partial charge on any atom is -0.465 e. The standard InChI is InChI=1S/C15H12F2N2O4/c1-23-15(22)12-5-13(20)10(7-18-12)14(21)19-6-8-2-3-9(16)4-11(8)17/h2-4,7H,5-6H2,1H3,(H,19,21). The van der Waals surface area contributed by atoms with Gasteiger partial charge in [-0.2, -0.15) is 0 Å². The second-order valence-electron chi connectivity index (χ2n) is 4.63. The van der Waals surface area contributed by atoms with Gasteiger partial charge in [0.25, 0.3) is 5.91 Å². The molecule has 0 aromatic heterocycles. The zero-order valence-electron chi connectivity index (χ0n) is 12.1. The van der Waals surface area contributed by atoms with Crippen LogP contribution in [0.15, 0.2) is 35.0 Å². The summed E-state index contributed by atoms with van der Waals surface area (Å²) >= 11 is 0. The molecular formula is C15H12F2N2O4. The van der Waals surface area contributed by atoms with Crippen LogP contribution >= 0.6 is 0 Å². The van der Waals surface area contributed by atoms with Crippen molar-refractivity contribution < 1.29 is 27.9 Å². The van der Waals surface area contributed by atoms with Gasteiger partial charge in [-0.05, 0) is 6.07 Å². The van der Waals surface area contributed by atoms with Crippen molar-refractivity contribution in [2.45, 2.75) is 13.0 Å². The number of ether oxygens (including phenoxy) is 1. The van der Waals surface area contributed by atoms with Crippen LogP contribution in [-0.2, 0) is 25.7 Å². The maximum atomic E-state index is 13.5. The van der Waals surface area contributed by atoms with E-state index in [0.29, 0.717) is 6.07 Å². The van der Waals surface area contributed by atoms with Crippen molar-refractivity contribution in [2.24, 2.45) is 4.99 Å². The molecule has 120 valence electrons. The van der Waals surface area contributed by atoms with Crippen LogP contribution in [-0.4, -0.2) is 30.5 Å². The fraction of sp³-hybridized carbons (Fsp3) is 0.200. The molecule has 1 amide bonds. The Hall–Kier alpha value is -2.90. The van der Waals surface area contributed by atoms with Crippen LogP contribution in [0.5, 0.6) is 0 Å². The summed E-state index contributed by atoms with van der Waals surface area (Å²) in [7, 11) is 1.15. The molecule has 1 aliphatic rings. The maximum Gasteiger partial charge on any atom is 0.352 e. The first kappa shape index (κ1) is 16.5. The summed E-state index contributed by atoms with van der Waals surface area (Å²) in [6.07, 6.45) is 0.616. The average molecular weight is 322 g/mol. The molecule has 1 N–H and O–H groups in total. The lowest BCUT2D eigenvalue weighted by atomic mass is 10.0. The van der Waals surface area contributed by atoms with Gasteiger partial charge in [0.15, 0.2) is 5.78 Å². The molecule has 1 heterocycles. The summed E-state index contributed by atoms with van der Waals surface area (Å²) in [5, 5.41) is 2.34. The molecule has 0 unspecified atom stereocenters. The number of hydrogen-bond acceptors (Lipinski definition) is 5. The molecule has 1 aromatic rings. The SMILES string of the molecule is COC(=O)C1=NC=C(C(=O)NCc2ccc(F)cc2F)C(=O)C1. The number of amides is 1. The van der Waals surface area contributed by atoms with Gasteiger partial charge in [-0.3, -0.25) is 14.6 Å². The minimum absolute atomic E-state index is 0.0716. The molecule has 0 atom stereocenters. The lowest BCUT2D eigenvalue weighted by molar-refractivity contribution is -0.133. The Bertz CT molecular complexity index is 741. The van der Waals surface area contributed by atoms with Crippen molar-refractivity contribution in [2.75, 3.05) is 7.11 Å². The highest BCUT2D eigenvalue weighted by molar-refractivity contribution is 6.43. The predicted molar refractivity (Wildman–Crippen MR) is 75.4 cm³/mol. The summed E-state index contributed by atoms with van der Waals surface area (Å²) < 4.78 is 30.7. The van der Waals surface area contributed by atoms with Crippen LogP contribution in [0, 0.1) is 11.6 Å². The topological polar surface area (TPSA) is 84.8 Å². The molecule has 0 radical (unpaired) electrons. The fourth-order valence-corrected chi connectivity index (χ4v) is 1.87.